The average molecular weight is 600 g/mol. The fourth-order valence-electron chi connectivity index (χ4n) is 4.56. The molecular formula is C30H38FN5O7. The molecule has 1 saturated heterocycles. The van der Waals surface area contributed by atoms with Gasteiger partial charge >= 0.3 is 0 Å². The molecule has 1 aliphatic rings. The normalized spacial score (nSPS) is 21.5. The third kappa shape index (κ3) is 8.98. The minimum absolute atomic E-state index is 0.0336. The van der Waals surface area contributed by atoms with E-state index in [1.807, 2.05) is 0 Å². The van der Waals surface area contributed by atoms with Crippen LogP contribution in [0.2, 0.25) is 0 Å². The second kappa shape index (κ2) is 15.1. The third-order valence-electron chi connectivity index (χ3n) is 6.94. The summed E-state index contributed by atoms with van der Waals surface area (Å²) in [5.41, 5.74) is 0.766. The number of amides is 5. The highest BCUT2D eigenvalue weighted by Crippen LogP contribution is 2.19. The van der Waals surface area contributed by atoms with Gasteiger partial charge in [-0.1, -0.05) is 44.2 Å². The number of nitrogens with zero attached hydrogens (tertiary/aromatic N) is 1. The summed E-state index contributed by atoms with van der Waals surface area (Å²) >= 11 is 0. The molecule has 12 nitrogen and oxygen atoms in total. The predicted molar refractivity (Wildman–Crippen MR) is 154 cm³/mol. The van der Waals surface area contributed by atoms with Crippen molar-refractivity contribution in [1.29, 1.82) is 0 Å². The number of methoxy groups -OCH3 is 1. The number of rotatable bonds is 6. The lowest BCUT2D eigenvalue weighted by molar-refractivity contribution is -0.135. The fourth-order valence-corrected chi connectivity index (χ4v) is 4.56. The zero-order valence-corrected chi connectivity index (χ0v) is 24.6. The van der Waals surface area contributed by atoms with Crippen LogP contribution < -0.4 is 26.0 Å². The van der Waals surface area contributed by atoms with Crippen molar-refractivity contribution in [1.82, 2.24) is 26.2 Å². The van der Waals surface area contributed by atoms with Gasteiger partial charge in [0, 0.05) is 25.1 Å². The number of carbonyl (C=O) groups excluding carboxylic acids is 5. The van der Waals surface area contributed by atoms with Crippen LogP contribution in [0, 0.1) is 11.7 Å². The highest BCUT2D eigenvalue weighted by atomic mass is 19.1. The molecule has 1 fully saturated rings. The zero-order valence-electron chi connectivity index (χ0n) is 24.6. The Morgan fingerprint density at radius 3 is 2.30 bits per heavy atom. The monoisotopic (exact) mass is 599 g/mol. The Kier molecular flexibility index (Phi) is 11.6. The maximum atomic E-state index is 14.0. The number of ether oxygens (including phenoxy) is 1. The van der Waals surface area contributed by atoms with Crippen molar-refractivity contribution >= 4 is 29.5 Å². The van der Waals surface area contributed by atoms with Gasteiger partial charge in [0.15, 0.2) is 11.6 Å². The van der Waals surface area contributed by atoms with E-state index in [0.717, 1.165) is 16.5 Å². The Balaban J connectivity index is 1.95. The second-order valence-corrected chi connectivity index (χ2v) is 10.6. The van der Waals surface area contributed by atoms with Crippen molar-refractivity contribution < 1.29 is 38.2 Å². The predicted octanol–water partition coefficient (Wildman–Crippen LogP) is 0.140. The van der Waals surface area contributed by atoms with Crippen LogP contribution >= 0.6 is 0 Å². The van der Waals surface area contributed by atoms with Crippen LogP contribution in [0.25, 0.3) is 0 Å². The number of carbonyl (C=O) groups is 5. The molecule has 0 saturated carbocycles. The molecule has 0 spiro atoms. The van der Waals surface area contributed by atoms with E-state index in [2.05, 4.69) is 21.3 Å². The first-order valence-corrected chi connectivity index (χ1v) is 13.9. The summed E-state index contributed by atoms with van der Waals surface area (Å²) in [6, 6.07) is 8.81. The number of hydrogen-bond donors (Lipinski definition) is 5. The van der Waals surface area contributed by atoms with Crippen LogP contribution in [0.4, 0.5) is 4.39 Å². The molecule has 13 heteroatoms. The smallest absolute Gasteiger partial charge is 0.254 e. The van der Waals surface area contributed by atoms with Crippen LogP contribution in [0.1, 0.15) is 36.7 Å². The summed E-state index contributed by atoms with van der Waals surface area (Å²) < 4.78 is 18.9. The van der Waals surface area contributed by atoms with Crippen LogP contribution in [-0.4, -0.2) is 90.5 Å². The van der Waals surface area contributed by atoms with E-state index in [-0.39, 0.29) is 30.8 Å². The molecule has 1 aliphatic heterocycles. The lowest BCUT2D eigenvalue weighted by Gasteiger charge is -2.27. The molecule has 0 bridgehead atoms. The largest absolute Gasteiger partial charge is 0.494 e. The Hall–Kier alpha value is -4.52. The maximum absolute atomic E-state index is 14.0. The summed E-state index contributed by atoms with van der Waals surface area (Å²) in [5, 5.41) is 20.8. The van der Waals surface area contributed by atoms with Gasteiger partial charge in [-0.05, 0) is 36.6 Å². The minimum Gasteiger partial charge on any atom is -0.494 e. The lowest BCUT2D eigenvalue weighted by atomic mass is 10.0. The van der Waals surface area contributed by atoms with Crippen molar-refractivity contribution in [3.8, 4) is 5.75 Å². The number of aliphatic hydroxyl groups is 1. The summed E-state index contributed by atoms with van der Waals surface area (Å²) in [4.78, 5) is 67.6. The van der Waals surface area contributed by atoms with E-state index < -0.39 is 72.0 Å². The summed E-state index contributed by atoms with van der Waals surface area (Å²) in [6.07, 6.45) is -1.22. The molecule has 4 atom stereocenters. The first kappa shape index (κ1) is 33.0. The molecular weight excluding hydrogens is 561 g/mol. The van der Waals surface area contributed by atoms with Gasteiger partial charge in [0.1, 0.15) is 18.1 Å². The molecule has 43 heavy (non-hydrogen) atoms. The van der Waals surface area contributed by atoms with Crippen LogP contribution in [0.5, 0.6) is 5.75 Å². The van der Waals surface area contributed by atoms with E-state index in [1.165, 1.54) is 26.2 Å². The van der Waals surface area contributed by atoms with Crippen molar-refractivity contribution in [2.45, 2.75) is 51.4 Å². The number of hydrogen-bond acceptors (Lipinski definition) is 7. The Labute approximate surface area is 249 Å². The van der Waals surface area contributed by atoms with Crippen LogP contribution in [0.3, 0.4) is 0 Å². The van der Waals surface area contributed by atoms with Crippen molar-refractivity contribution in [3.05, 3.63) is 65.5 Å². The van der Waals surface area contributed by atoms with Crippen molar-refractivity contribution in [3.63, 3.8) is 0 Å². The van der Waals surface area contributed by atoms with Gasteiger partial charge in [0.2, 0.25) is 23.6 Å². The SMILES string of the molecule is COc1cc(C(=O)N2CCNC(=O)[C@H]([C@@H](C)O)NC(=O)[C@H](Cc3ccccc3)NC(=O)[C@@H](C(C)C)NC(=O)C2)ccc1F. The van der Waals surface area contributed by atoms with Crippen molar-refractivity contribution in [2.75, 3.05) is 26.7 Å². The molecule has 0 radical (unpaired) electrons. The van der Waals surface area contributed by atoms with E-state index in [0.29, 0.717) is 0 Å². The topological polar surface area (TPSA) is 166 Å². The molecule has 0 unspecified atom stereocenters. The number of halogens is 1. The van der Waals surface area contributed by atoms with Crippen molar-refractivity contribution in [2.24, 2.45) is 5.92 Å². The van der Waals surface area contributed by atoms with Gasteiger partial charge in [0.05, 0.1) is 19.8 Å². The van der Waals surface area contributed by atoms with E-state index in [4.69, 9.17) is 4.74 Å². The number of aliphatic hydroxyl groups excluding tert-OH is 1. The fraction of sp³-hybridized carbons (Fsp3) is 0.433. The molecule has 1 heterocycles. The second-order valence-electron chi connectivity index (χ2n) is 10.6. The van der Waals surface area contributed by atoms with E-state index in [1.54, 1.807) is 44.2 Å². The molecule has 3 rings (SSSR count). The Morgan fingerprint density at radius 2 is 1.67 bits per heavy atom. The molecule has 2 aromatic carbocycles. The quantitative estimate of drug-likeness (QED) is 0.315. The maximum Gasteiger partial charge on any atom is 0.254 e. The molecule has 0 aliphatic carbocycles. The Morgan fingerprint density at radius 1 is 0.977 bits per heavy atom. The standard InChI is InChI=1S/C30H38FN5O7/c1-17(2)25-29(41)33-22(14-19-8-6-5-7-9-19)27(39)35-26(18(3)37)28(40)32-12-13-36(16-24(38)34-25)30(42)20-10-11-21(31)23(15-20)43-4/h5-11,15,17-18,22,25-26,37H,12-14,16H2,1-4H3,(H,32,40)(H,33,41)(H,34,38)(H,35,39)/t18-,22+,25-,26+/m1/s1. The van der Waals surface area contributed by atoms with Gasteiger partial charge < -0.3 is 36.0 Å². The van der Waals surface area contributed by atoms with Gasteiger partial charge in [-0.2, -0.15) is 0 Å². The minimum atomic E-state index is -1.38. The van der Waals surface area contributed by atoms with Gasteiger partial charge in [0.25, 0.3) is 5.91 Å². The third-order valence-corrected chi connectivity index (χ3v) is 6.94. The summed E-state index contributed by atoms with van der Waals surface area (Å²) in [6.45, 7) is 3.96. The van der Waals surface area contributed by atoms with E-state index in [9.17, 15) is 33.5 Å². The first-order valence-electron chi connectivity index (χ1n) is 13.9. The molecule has 5 amide bonds. The Bertz CT molecular complexity index is 1320. The molecule has 5 N–H and O–H groups in total. The van der Waals surface area contributed by atoms with Gasteiger partial charge in [-0.25, -0.2) is 4.39 Å². The summed E-state index contributed by atoms with van der Waals surface area (Å²) in [7, 11) is 1.25. The highest BCUT2D eigenvalue weighted by Gasteiger charge is 2.33. The first-order chi connectivity index (χ1) is 20.4. The van der Waals surface area contributed by atoms with E-state index >= 15 is 0 Å². The summed E-state index contributed by atoms with van der Waals surface area (Å²) in [5.74, 6) is -4.65. The number of benzene rings is 2. The molecule has 232 valence electrons. The van der Waals surface area contributed by atoms with Gasteiger partial charge in [-0.15, -0.1) is 0 Å². The molecule has 2 aromatic rings. The molecule has 0 aromatic heterocycles. The van der Waals surface area contributed by atoms with Gasteiger partial charge in [-0.3, -0.25) is 24.0 Å². The zero-order chi connectivity index (χ0) is 31.7. The van der Waals surface area contributed by atoms with Crippen LogP contribution in [-0.2, 0) is 25.6 Å². The highest BCUT2D eigenvalue weighted by molar-refractivity contribution is 5.98. The van der Waals surface area contributed by atoms with Crippen LogP contribution in [0.15, 0.2) is 48.5 Å². The lowest BCUT2D eigenvalue weighted by Crippen LogP contribution is -2.60. The average Bonchev–Trinajstić information content (AvgIpc) is 2.97. The number of nitrogens with one attached hydrogen (secondary N) is 4.